The summed E-state index contributed by atoms with van der Waals surface area (Å²) in [5.41, 5.74) is 1.75. The van der Waals surface area contributed by atoms with Crippen molar-refractivity contribution < 1.29 is 19.1 Å². The lowest BCUT2D eigenvalue weighted by Gasteiger charge is -2.36. The van der Waals surface area contributed by atoms with E-state index in [1.54, 1.807) is 0 Å². The first kappa shape index (κ1) is 25.2. The summed E-state index contributed by atoms with van der Waals surface area (Å²) in [5, 5.41) is 0. The van der Waals surface area contributed by atoms with Crippen molar-refractivity contribution in [3.05, 3.63) is 35.5 Å². The Morgan fingerprint density at radius 2 is 1.64 bits per heavy atom. The Morgan fingerprint density at radius 3 is 2.21 bits per heavy atom. The molecule has 0 saturated carbocycles. The van der Waals surface area contributed by atoms with Gasteiger partial charge in [-0.05, 0) is 84.8 Å². The molecule has 7 heteroatoms. The molecule has 0 atom stereocenters. The van der Waals surface area contributed by atoms with Crippen molar-refractivity contribution in [1.29, 1.82) is 0 Å². The lowest BCUT2D eigenvalue weighted by Crippen LogP contribution is -2.43. The maximum Gasteiger partial charge on any atom is 0.277 e. The quantitative estimate of drug-likeness (QED) is 0.396. The minimum Gasteiger partial charge on any atom is -0.491 e. The van der Waals surface area contributed by atoms with E-state index >= 15 is 0 Å². The molecule has 1 aromatic rings. The molecule has 2 amide bonds. The second-order valence-corrected chi connectivity index (χ2v) is 9.59. The average Bonchev–Trinajstić information content (AvgIpc) is 3.01. The largest absolute Gasteiger partial charge is 0.491 e. The zero-order valence-electron chi connectivity index (χ0n) is 21.0. The molecule has 0 bridgehead atoms. The van der Waals surface area contributed by atoms with Crippen LogP contribution in [0.2, 0.25) is 0 Å². The van der Waals surface area contributed by atoms with Gasteiger partial charge in [0.1, 0.15) is 11.4 Å². The number of nitrogens with zero attached hydrogens (tertiary/aromatic N) is 3. The Labute approximate surface area is 198 Å². The van der Waals surface area contributed by atoms with Gasteiger partial charge in [-0.1, -0.05) is 12.1 Å². The third-order valence-electron chi connectivity index (χ3n) is 6.22. The van der Waals surface area contributed by atoms with Crippen LogP contribution in [0, 0.1) is 0 Å². The normalized spacial score (nSPS) is 18.2. The van der Waals surface area contributed by atoms with Crippen molar-refractivity contribution in [2.45, 2.75) is 65.2 Å². The summed E-state index contributed by atoms with van der Waals surface area (Å²) in [6.45, 7) is 10.8. The van der Waals surface area contributed by atoms with Crippen molar-refractivity contribution in [2.24, 2.45) is 0 Å². The Kier molecular flexibility index (Phi) is 8.54. The highest BCUT2D eigenvalue weighted by atomic mass is 16.5. The van der Waals surface area contributed by atoms with Gasteiger partial charge in [0, 0.05) is 26.2 Å². The van der Waals surface area contributed by atoms with Crippen molar-refractivity contribution in [3.8, 4) is 5.75 Å². The first-order valence-corrected chi connectivity index (χ1v) is 12.1. The number of benzene rings is 1. The SMILES string of the molecule is CC(C)OCCCN1C(=O)C(c2ccc(OC(C)C)cc2)=C(N(C)C2CCN(C)CC2)C1=O. The third-order valence-corrected chi connectivity index (χ3v) is 6.22. The topological polar surface area (TPSA) is 62.3 Å². The third kappa shape index (κ3) is 6.15. The van der Waals surface area contributed by atoms with Crippen LogP contribution >= 0.6 is 0 Å². The minimum atomic E-state index is -0.225. The van der Waals surface area contributed by atoms with E-state index in [-0.39, 0.29) is 30.1 Å². The molecule has 0 aliphatic carbocycles. The van der Waals surface area contributed by atoms with Crippen LogP contribution in [0.25, 0.3) is 5.57 Å². The maximum atomic E-state index is 13.5. The molecule has 1 fully saturated rings. The number of amides is 2. The smallest absolute Gasteiger partial charge is 0.277 e. The average molecular weight is 458 g/mol. The van der Waals surface area contributed by atoms with E-state index in [1.165, 1.54) is 4.90 Å². The first-order chi connectivity index (χ1) is 15.7. The number of imide groups is 1. The van der Waals surface area contributed by atoms with Crippen molar-refractivity contribution in [2.75, 3.05) is 40.3 Å². The molecule has 0 spiro atoms. The summed E-state index contributed by atoms with van der Waals surface area (Å²) >= 11 is 0. The summed E-state index contributed by atoms with van der Waals surface area (Å²) in [6.07, 6.45) is 2.75. The molecule has 33 heavy (non-hydrogen) atoms. The lowest BCUT2D eigenvalue weighted by molar-refractivity contribution is -0.137. The van der Waals surface area contributed by atoms with Gasteiger partial charge in [0.15, 0.2) is 0 Å². The number of likely N-dealkylation sites (N-methyl/N-ethyl adjacent to an activating group) is 1. The zero-order chi connectivity index (χ0) is 24.1. The van der Waals surface area contributed by atoms with Crippen LogP contribution in [0.5, 0.6) is 5.75 Å². The fraction of sp³-hybridized carbons (Fsp3) is 0.615. The van der Waals surface area contributed by atoms with Crippen LogP contribution in [0.15, 0.2) is 30.0 Å². The van der Waals surface area contributed by atoms with Crippen molar-refractivity contribution in [1.82, 2.24) is 14.7 Å². The van der Waals surface area contributed by atoms with E-state index in [0.29, 0.717) is 30.8 Å². The molecule has 0 radical (unpaired) electrons. The molecule has 2 heterocycles. The molecular formula is C26H39N3O4. The molecule has 1 aromatic carbocycles. The predicted octanol–water partition coefficient (Wildman–Crippen LogP) is 3.39. The zero-order valence-corrected chi connectivity index (χ0v) is 21.0. The Hall–Kier alpha value is -2.38. The fourth-order valence-electron chi connectivity index (χ4n) is 4.43. The molecule has 7 nitrogen and oxygen atoms in total. The minimum absolute atomic E-state index is 0.0689. The van der Waals surface area contributed by atoms with Gasteiger partial charge in [0.2, 0.25) is 0 Å². The number of hydrogen-bond acceptors (Lipinski definition) is 6. The van der Waals surface area contributed by atoms with Gasteiger partial charge in [0.25, 0.3) is 11.8 Å². The molecule has 1 saturated heterocycles. The van der Waals surface area contributed by atoms with Crippen LogP contribution in [0.3, 0.4) is 0 Å². The number of carbonyl (C=O) groups excluding carboxylic acids is 2. The molecule has 182 valence electrons. The maximum absolute atomic E-state index is 13.5. The van der Waals surface area contributed by atoms with E-state index in [1.807, 2.05) is 63.9 Å². The highest BCUT2D eigenvalue weighted by molar-refractivity contribution is 6.35. The summed E-state index contributed by atoms with van der Waals surface area (Å²) in [5.74, 6) is 0.319. The number of hydrogen-bond donors (Lipinski definition) is 0. The Balaban J connectivity index is 1.88. The van der Waals surface area contributed by atoms with Gasteiger partial charge < -0.3 is 19.3 Å². The van der Waals surface area contributed by atoms with Crippen molar-refractivity contribution >= 4 is 17.4 Å². The number of ether oxygens (including phenoxy) is 2. The van der Waals surface area contributed by atoms with Gasteiger partial charge in [-0.3, -0.25) is 14.5 Å². The summed E-state index contributed by atoms with van der Waals surface area (Å²) in [6, 6.07) is 7.73. The highest BCUT2D eigenvalue weighted by Crippen LogP contribution is 2.34. The molecule has 2 aliphatic heterocycles. The van der Waals surface area contributed by atoms with Gasteiger partial charge in [-0.2, -0.15) is 0 Å². The second kappa shape index (κ2) is 11.2. The van der Waals surface area contributed by atoms with Crippen LogP contribution in [0.4, 0.5) is 0 Å². The van der Waals surface area contributed by atoms with Gasteiger partial charge in [-0.25, -0.2) is 0 Å². The van der Waals surface area contributed by atoms with Crippen LogP contribution in [-0.2, 0) is 14.3 Å². The fourth-order valence-corrected chi connectivity index (χ4v) is 4.43. The molecule has 3 rings (SSSR count). The molecule has 2 aliphatic rings. The molecule has 0 unspecified atom stereocenters. The van der Waals surface area contributed by atoms with Gasteiger partial charge in [-0.15, -0.1) is 0 Å². The predicted molar refractivity (Wildman–Crippen MR) is 130 cm³/mol. The number of carbonyl (C=O) groups is 2. The Morgan fingerprint density at radius 1 is 1.00 bits per heavy atom. The Bertz CT molecular complexity index is 855. The van der Waals surface area contributed by atoms with Crippen LogP contribution < -0.4 is 4.74 Å². The molecular weight excluding hydrogens is 418 g/mol. The number of rotatable bonds is 10. The van der Waals surface area contributed by atoms with Gasteiger partial charge >= 0.3 is 0 Å². The summed E-state index contributed by atoms with van der Waals surface area (Å²) in [7, 11) is 4.07. The van der Waals surface area contributed by atoms with Crippen molar-refractivity contribution in [3.63, 3.8) is 0 Å². The van der Waals surface area contributed by atoms with E-state index in [9.17, 15) is 9.59 Å². The lowest BCUT2D eigenvalue weighted by atomic mass is 10.00. The van der Waals surface area contributed by atoms with E-state index in [2.05, 4.69) is 11.9 Å². The van der Waals surface area contributed by atoms with Crippen LogP contribution in [-0.4, -0.2) is 85.1 Å². The van der Waals surface area contributed by atoms with E-state index in [0.717, 1.165) is 37.2 Å². The summed E-state index contributed by atoms with van der Waals surface area (Å²) in [4.78, 5) is 32.8. The standard InChI is InChI=1S/C26H39N3O4/c1-18(2)32-17-7-14-29-25(30)23(20-8-10-22(11-9-20)33-19(3)4)24(26(29)31)28(6)21-12-15-27(5)16-13-21/h8-11,18-19,21H,7,12-17H2,1-6H3. The summed E-state index contributed by atoms with van der Waals surface area (Å²) < 4.78 is 11.4. The highest BCUT2D eigenvalue weighted by Gasteiger charge is 2.42. The first-order valence-electron chi connectivity index (χ1n) is 12.1. The number of piperidine rings is 1. The monoisotopic (exact) mass is 457 g/mol. The molecule has 0 aromatic heterocycles. The van der Waals surface area contributed by atoms with Crippen LogP contribution in [0.1, 0.15) is 52.5 Å². The number of likely N-dealkylation sites (tertiary alicyclic amines) is 1. The molecule has 0 N–H and O–H groups in total. The van der Waals surface area contributed by atoms with E-state index < -0.39 is 0 Å². The van der Waals surface area contributed by atoms with E-state index in [4.69, 9.17) is 9.47 Å². The van der Waals surface area contributed by atoms with Gasteiger partial charge in [0.05, 0.1) is 17.8 Å². The second-order valence-electron chi connectivity index (χ2n) is 9.59.